The standard InChI is InChI=1S/C26H22N8O4S/c1-16-13-14-27-24(28-16)30-39(37,38)19-11-9-18(10-12-19)34-20(17-7-5-4-6-8-17)15-33-21-22(29-25(33)34)31(2)26(36)32(3)23(21)35/h4-15H,1-3H3,(H,27,28,30). The van der Waals surface area contributed by atoms with Crippen molar-refractivity contribution in [2.75, 3.05) is 4.72 Å². The van der Waals surface area contributed by atoms with Crippen LogP contribution >= 0.6 is 0 Å². The Morgan fingerprint density at radius 3 is 2.28 bits per heavy atom. The van der Waals surface area contributed by atoms with Gasteiger partial charge in [0.1, 0.15) is 0 Å². The van der Waals surface area contributed by atoms with Crippen molar-refractivity contribution in [3.05, 3.63) is 99.6 Å². The highest BCUT2D eigenvalue weighted by atomic mass is 32.2. The summed E-state index contributed by atoms with van der Waals surface area (Å²) in [5.41, 5.74) is 2.35. The van der Waals surface area contributed by atoms with Crippen LogP contribution < -0.4 is 16.0 Å². The van der Waals surface area contributed by atoms with E-state index in [1.807, 2.05) is 34.9 Å². The molecule has 0 bridgehead atoms. The van der Waals surface area contributed by atoms with Gasteiger partial charge in [-0.2, -0.15) is 4.98 Å². The summed E-state index contributed by atoms with van der Waals surface area (Å²) in [5.74, 6) is 0.373. The van der Waals surface area contributed by atoms with Crippen LogP contribution in [0, 0.1) is 6.92 Å². The summed E-state index contributed by atoms with van der Waals surface area (Å²) in [4.78, 5) is 38.4. The van der Waals surface area contributed by atoms with Crippen molar-refractivity contribution in [3.63, 3.8) is 0 Å². The Labute approximate surface area is 221 Å². The fraction of sp³-hybridized carbons (Fsp3) is 0.115. The van der Waals surface area contributed by atoms with E-state index in [2.05, 4.69) is 19.7 Å². The third-order valence-electron chi connectivity index (χ3n) is 6.46. The number of imidazole rings is 2. The summed E-state index contributed by atoms with van der Waals surface area (Å²) in [6.07, 6.45) is 3.26. The maximum Gasteiger partial charge on any atom is 0.332 e. The van der Waals surface area contributed by atoms with Gasteiger partial charge in [0.05, 0.1) is 10.6 Å². The molecule has 4 aromatic heterocycles. The van der Waals surface area contributed by atoms with Crippen LogP contribution in [-0.4, -0.2) is 41.5 Å². The lowest BCUT2D eigenvalue weighted by atomic mass is 10.1. The molecule has 0 saturated heterocycles. The first-order chi connectivity index (χ1) is 18.7. The molecule has 1 N–H and O–H groups in total. The average Bonchev–Trinajstić information content (AvgIpc) is 3.48. The molecule has 6 aromatic rings. The van der Waals surface area contributed by atoms with Crippen molar-refractivity contribution in [1.29, 1.82) is 0 Å². The van der Waals surface area contributed by atoms with Gasteiger partial charge in [0.25, 0.3) is 15.6 Å². The Kier molecular flexibility index (Phi) is 5.47. The van der Waals surface area contributed by atoms with E-state index in [-0.39, 0.29) is 22.0 Å². The van der Waals surface area contributed by atoms with Gasteiger partial charge in [0.2, 0.25) is 11.7 Å². The summed E-state index contributed by atoms with van der Waals surface area (Å²) >= 11 is 0. The van der Waals surface area contributed by atoms with Gasteiger partial charge < -0.3 is 0 Å². The van der Waals surface area contributed by atoms with Gasteiger partial charge in [0, 0.05) is 43.4 Å². The molecule has 13 heteroatoms. The molecule has 0 aliphatic rings. The first-order valence-electron chi connectivity index (χ1n) is 11.8. The molecule has 0 aliphatic heterocycles. The summed E-state index contributed by atoms with van der Waals surface area (Å²) in [6, 6.07) is 17.4. The van der Waals surface area contributed by atoms with Crippen molar-refractivity contribution in [3.8, 4) is 16.9 Å². The van der Waals surface area contributed by atoms with Crippen molar-refractivity contribution < 1.29 is 8.42 Å². The van der Waals surface area contributed by atoms with Gasteiger partial charge >= 0.3 is 5.69 Å². The van der Waals surface area contributed by atoms with Gasteiger partial charge in [-0.25, -0.2) is 27.9 Å². The summed E-state index contributed by atoms with van der Waals surface area (Å²) in [7, 11) is -0.966. The maximum atomic E-state index is 13.1. The van der Waals surface area contributed by atoms with Gasteiger partial charge in [-0.15, -0.1) is 0 Å². The molecule has 0 unspecified atom stereocenters. The van der Waals surface area contributed by atoms with Gasteiger partial charge in [-0.1, -0.05) is 30.3 Å². The monoisotopic (exact) mass is 542 g/mol. The largest absolute Gasteiger partial charge is 0.332 e. The topological polar surface area (TPSA) is 138 Å². The fourth-order valence-corrected chi connectivity index (χ4v) is 5.44. The average molecular weight is 543 g/mol. The molecule has 0 aliphatic carbocycles. The number of rotatable bonds is 5. The number of hydrogen-bond donors (Lipinski definition) is 1. The Balaban J connectivity index is 1.54. The lowest BCUT2D eigenvalue weighted by molar-refractivity contribution is 0.601. The SMILES string of the molecule is Cc1ccnc(NS(=O)(=O)c2ccc(-n3c(-c4ccccc4)cn4c5c(=O)n(C)c(=O)n(C)c5nc34)cc2)n1. The fourth-order valence-electron chi connectivity index (χ4n) is 4.49. The third-order valence-corrected chi connectivity index (χ3v) is 7.80. The van der Waals surface area contributed by atoms with Crippen LogP contribution in [0.25, 0.3) is 33.9 Å². The second-order valence-corrected chi connectivity index (χ2v) is 10.7. The predicted molar refractivity (Wildman–Crippen MR) is 146 cm³/mol. The van der Waals surface area contributed by atoms with Gasteiger partial charge in [0.15, 0.2) is 11.2 Å². The highest BCUT2D eigenvalue weighted by Gasteiger charge is 2.22. The molecular weight excluding hydrogens is 520 g/mol. The van der Waals surface area contributed by atoms with E-state index in [1.165, 1.54) is 29.9 Å². The number of anilines is 1. The van der Waals surface area contributed by atoms with E-state index in [9.17, 15) is 18.0 Å². The van der Waals surface area contributed by atoms with Crippen LogP contribution in [0.5, 0.6) is 0 Å². The van der Waals surface area contributed by atoms with Crippen molar-refractivity contribution >= 4 is 32.9 Å². The zero-order valence-electron chi connectivity index (χ0n) is 21.1. The summed E-state index contributed by atoms with van der Waals surface area (Å²) in [6.45, 7) is 1.74. The van der Waals surface area contributed by atoms with Crippen LogP contribution in [0.3, 0.4) is 0 Å². The number of hydrogen-bond acceptors (Lipinski definition) is 7. The molecule has 0 amide bonds. The smallest absolute Gasteiger partial charge is 0.279 e. The number of aryl methyl sites for hydroxylation is 2. The van der Waals surface area contributed by atoms with Crippen LogP contribution in [0.15, 0.2) is 87.5 Å². The molecule has 0 atom stereocenters. The number of aromatic nitrogens is 7. The maximum absolute atomic E-state index is 13.1. The molecule has 39 heavy (non-hydrogen) atoms. The number of sulfonamides is 1. The molecule has 12 nitrogen and oxygen atoms in total. The molecule has 0 fully saturated rings. The number of nitrogens with zero attached hydrogens (tertiary/aromatic N) is 7. The van der Waals surface area contributed by atoms with Crippen LogP contribution in [0.2, 0.25) is 0 Å². The Morgan fingerprint density at radius 1 is 0.872 bits per heavy atom. The highest BCUT2D eigenvalue weighted by molar-refractivity contribution is 7.92. The molecule has 0 saturated carbocycles. The number of benzene rings is 2. The second kappa shape index (κ2) is 8.77. The summed E-state index contributed by atoms with van der Waals surface area (Å²) in [5, 5.41) is 0. The van der Waals surface area contributed by atoms with Gasteiger partial charge in [-0.3, -0.25) is 22.9 Å². The minimum absolute atomic E-state index is 0.0190. The quantitative estimate of drug-likeness (QED) is 0.353. The number of fused-ring (bicyclic) bond motifs is 3. The minimum atomic E-state index is -3.95. The van der Waals surface area contributed by atoms with Crippen LogP contribution in [0.4, 0.5) is 5.95 Å². The van der Waals surface area contributed by atoms with E-state index in [1.54, 1.807) is 42.8 Å². The zero-order valence-corrected chi connectivity index (χ0v) is 21.9. The molecule has 2 aromatic carbocycles. The molecule has 0 radical (unpaired) electrons. The molecule has 4 heterocycles. The summed E-state index contributed by atoms with van der Waals surface area (Å²) < 4.78 is 34.2. The predicted octanol–water partition coefficient (Wildman–Crippen LogP) is 2.24. The second-order valence-electron chi connectivity index (χ2n) is 9.00. The zero-order chi connectivity index (χ0) is 27.5. The Hall–Kier alpha value is -5.04. The lowest BCUT2D eigenvalue weighted by Gasteiger charge is -2.11. The van der Waals surface area contributed by atoms with E-state index in [0.717, 1.165) is 15.8 Å². The minimum Gasteiger partial charge on any atom is -0.279 e. The van der Waals surface area contributed by atoms with Crippen molar-refractivity contribution in [2.24, 2.45) is 14.1 Å². The first-order valence-corrected chi connectivity index (χ1v) is 13.3. The van der Waals surface area contributed by atoms with Gasteiger partial charge in [-0.05, 0) is 37.3 Å². The molecule has 196 valence electrons. The third kappa shape index (κ3) is 3.90. The van der Waals surface area contributed by atoms with E-state index in [0.29, 0.717) is 17.2 Å². The van der Waals surface area contributed by atoms with Crippen molar-refractivity contribution in [2.45, 2.75) is 11.8 Å². The Bertz CT molecular complexity index is 2120. The van der Waals surface area contributed by atoms with Crippen molar-refractivity contribution in [1.82, 2.24) is 33.1 Å². The van der Waals surface area contributed by atoms with Crippen LogP contribution in [0.1, 0.15) is 5.69 Å². The normalized spacial score (nSPS) is 11.9. The number of nitrogens with one attached hydrogen (secondary N) is 1. The van der Waals surface area contributed by atoms with E-state index < -0.39 is 21.3 Å². The highest BCUT2D eigenvalue weighted by Crippen LogP contribution is 2.29. The Morgan fingerprint density at radius 2 is 1.59 bits per heavy atom. The molecule has 0 spiro atoms. The molecular formula is C26H22N8O4S. The van der Waals surface area contributed by atoms with Crippen LogP contribution in [-0.2, 0) is 24.1 Å². The molecule has 6 rings (SSSR count). The first kappa shape index (κ1) is 24.3. The van der Waals surface area contributed by atoms with E-state index >= 15 is 0 Å². The van der Waals surface area contributed by atoms with E-state index in [4.69, 9.17) is 0 Å². The lowest BCUT2D eigenvalue weighted by Crippen LogP contribution is -2.37.